The molecule has 2 rings (SSSR count). The monoisotopic (exact) mass is 377 g/mol. The van der Waals surface area contributed by atoms with Crippen LogP contribution >= 0.6 is 27.7 Å². The maximum atomic E-state index is 9.15. The molecule has 0 bridgehead atoms. The second kappa shape index (κ2) is 9.66. The van der Waals surface area contributed by atoms with E-state index < -0.39 is 0 Å². The van der Waals surface area contributed by atoms with Crippen LogP contribution in [0.4, 0.5) is 0 Å². The summed E-state index contributed by atoms with van der Waals surface area (Å²) in [5.74, 6) is 0.964. The van der Waals surface area contributed by atoms with Crippen molar-refractivity contribution in [3.05, 3.63) is 34.3 Å². The molecule has 1 fully saturated rings. The van der Waals surface area contributed by atoms with Crippen LogP contribution in [-0.4, -0.2) is 40.5 Å². The maximum Gasteiger partial charge on any atom is 0.143 e. The minimum absolute atomic E-state index is 0. The second-order valence-corrected chi connectivity index (χ2v) is 6.67. The Balaban J connectivity index is 0.00000200. The molecule has 6 heteroatoms. The van der Waals surface area contributed by atoms with Gasteiger partial charge in [-0.05, 0) is 38.1 Å². The summed E-state index contributed by atoms with van der Waals surface area (Å²) in [5.41, 5.74) is 0.959. The second-order valence-electron chi connectivity index (χ2n) is 4.67. The van der Waals surface area contributed by atoms with Gasteiger partial charge in [0.25, 0.3) is 0 Å². The van der Waals surface area contributed by atoms with Crippen molar-refractivity contribution in [2.24, 2.45) is 5.16 Å². The highest BCUT2D eigenvalue weighted by Gasteiger charge is 2.11. The van der Waals surface area contributed by atoms with E-state index in [0.29, 0.717) is 5.04 Å². The molecule has 20 heavy (non-hydrogen) atoms. The zero-order chi connectivity index (χ0) is 13.5. The van der Waals surface area contributed by atoms with Gasteiger partial charge in [-0.3, -0.25) is 0 Å². The number of likely N-dealkylation sites (tertiary alicyclic amines) is 1. The molecule has 1 aliphatic heterocycles. The molecular weight excluding hydrogens is 360 g/mol. The number of halogens is 2. The predicted molar refractivity (Wildman–Crippen MR) is 85.2 cm³/mol. The third-order valence-electron chi connectivity index (χ3n) is 3.26. The van der Waals surface area contributed by atoms with Crippen LogP contribution in [0, 0.1) is 0 Å². The molecular formula is C14H19BrClN2OS-. The molecule has 0 aliphatic carbocycles. The number of thioether (sulfide) groups is 1. The van der Waals surface area contributed by atoms with E-state index in [1.807, 2.05) is 24.3 Å². The molecule has 1 heterocycles. The summed E-state index contributed by atoms with van der Waals surface area (Å²) in [5, 5.41) is 13.3. The van der Waals surface area contributed by atoms with Crippen LogP contribution in [-0.2, 0) is 0 Å². The van der Waals surface area contributed by atoms with Gasteiger partial charge >= 0.3 is 0 Å². The quantitative estimate of drug-likeness (QED) is 0.364. The number of benzene rings is 1. The molecule has 3 nitrogen and oxygen atoms in total. The van der Waals surface area contributed by atoms with Crippen LogP contribution in [0.25, 0.3) is 0 Å². The number of rotatable bonds is 4. The first-order valence-electron chi connectivity index (χ1n) is 6.63. The lowest BCUT2D eigenvalue weighted by Gasteiger charge is -2.26. The summed E-state index contributed by atoms with van der Waals surface area (Å²) in [7, 11) is 0. The first-order chi connectivity index (χ1) is 9.29. The van der Waals surface area contributed by atoms with E-state index in [9.17, 15) is 0 Å². The number of piperidine rings is 1. The van der Waals surface area contributed by atoms with E-state index in [0.717, 1.165) is 22.3 Å². The lowest BCUT2D eigenvalue weighted by Crippen LogP contribution is -3.00. The van der Waals surface area contributed by atoms with Gasteiger partial charge in [0.05, 0.1) is 0 Å². The smallest absolute Gasteiger partial charge is 0.143 e. The number of nitrogens with zero attached hydrogens (tertiary/aromatic N) is 2. The van der Waals surface area contributed by atoms with Gasteiger partial charge in [0.1, 0.15) is 5.04 Å². The molecule has 1 N–H and O–H groups in total. The normalized spacial score (nSPS) is 16.8. The summed E-state index contributed by atoms with van der Waals surface area (Å²) in [6.07, 6.45) is 4.00. The summed E-state index contributed by atoms with van der Waals surface area (Å²) < 4.78 is 1.00. The van der Waals surface area contributed by atoms with E-state index in [1.165, 1.54) is 32.4 Å². The number of oxime groups is 1. The predicted octanol–water partition coefficient (Wildman–Crippen LogP) is 0.808. The van der Waals surface area contributed by atoms with Gasteiger partial charge in [0.15, 0.2) is 0 Å². The molecule has 1 aromatic rings. The lowest BCUT2D eigenvalue weighted by molar-refractivity contribution is -0.00000453. The van der Waals surface area contributed by atoms with Crippen LogP contribution in [0.2, 0.25) is 0 Å². The fraction of sp³-hybridized carbons (Fsp3) is 0.500. The average molecular weight is 379 g/mol. The largest absolute Gasteiger partial charge is 1.00 e. The molecule has 1 aromatic carbocycles. The SMILES string of the molecule is O/N=C(/SCCN1CCCCC1)c1cccc(Br)c1.[Cl-]. The maximum absolute atomic E-state index is 9.15. The Morgan fingerprint density at radius 3 is 2.70 bits per heavy atom. The standard InChI is InChI=1S/C14H19BrN2OS.ClH/c15-13-6-4-5-12(11-13)14(16-18)19-10-9-17-7-2-1-3-8-17;/h4-6,11,18H,1-3,7-10H2;1H/p-1/b16-14+;. The Bertz CT molecular complexity index is 439. The fourth-order valence-corrected chi connectivity index (χ4v) is 3.54. The third kappa shape index (κ3) is 5.64. The topological polar surface area (TPSA) is 35.8 Å². The Hall–Kier alpha value is -0.230. The van der Waals surface area contributed by atoms with E-state index in [4.69, 9.17) is 5.21 Å². The van der Waals surface area contributed by atoms with E-state index in [-0.39, 0.29) is 12.4 Å². The summed E-state index contributed by atoms with van der Waals surface area (Å²) in [6.45, 7) is 3.49. The van der Waals surface area contributed by atoms with Gasteiger partial charge in [-0.1, -0.05) is 39.6 Å². The van der Waals surface area contributed by atoms with Crippen molar-refractivity contribution >= 4 is 32.7 Å². The highest BCUT2D eigenvalue weighted by molar-refractivity contribution is 9.10. The molecule has 0 amide bonds. The first-order valence-corrected chi connectivity index (χ1v) is 8.40. The van der Waals surface area contributed by atoms with Gasteiger partial charge in [-0.2, -0.15) is 0 Å². The molecule has 112 valence electrons. The van der Waals surface area contributed by atoms with Crippen LogP contribution < -0.4 is 12.4 Å². The van der Waals surface area contributed by atoms with Crippen molar-refractivity contribution < 1.29 is 17.6 Å². The summed E-state index contributed by atoms with van der Waals surface area (Å²) in [4.78, 5) is 2.49. The number of hydrogen-bond donors (Lipinski definition) is 1. The molecule has 1 saturated heterocycles. The highest BCUT2D eigenvalue weighted by Crippen LogP contribution is 2.19. The third-order valence-corrected chi connectivity index (χ3v) is 4.73. The van der Waals surface area contributed by atoms with Crippen molar-refractivity contribution in [2.75, 3.05) is 25.4 Å². The summed E-state index contributed by atoms with van der Waals surface area (Å²) in [6, 6.07) is 7.86. The minimum atomic E-state index is 0. The van der Waals surface area contributed by atoms with Crippen molar-refractivity contribution in [1.82, 2.24) is 4.90 Å². The van der Waals surface area contributed by atoms with Crippen LogP contribution in [0.15, 0.2) is 33.9 Å². The lowest BCUT2D eigenvalue weighted by atomic mass is 10.1. The van der Waals surface area contributed by atoms with Gasteiger partial charge in [0, 0.05) is 22.3 Å². The molecule has 0 atom stereocenters. The van der Waals surface area contributed by atoms with Crippen LogP contribution in [0.1, 0.15) is 24.8 Å². The fourth-order valence-electron chi connectivity index (χ4n) is 2.25. The minimum Gasteiger partial charge on any atom is -1.00 e. The van der Waals surface area contributed by atoms with E-state index in [2.05, 4.69) is 26.0 Å². The van der Waals surface area contributed by atoms with Gasteiger partial charge < -0.3 is 22.5 Å². The first kappa shape index (κ1) is 17.8. The van der Waals surface area contributed by atoms with Gasteiger partial charge in [-0.25, -0.2) is 0 Å². The zero-order valence-electron chi connectivity index (χ0n) is 11.3. The van der Waals surface area contributed by atoms with Crippen molar-refractivity contribution in [3.63, 3.8) is 0 Å². The summed E-state index contributed by atoms with van der Waals surface area (Å²) >= 11 is 5.05. The molecule has 0 radical (unpaired) electrons. The van der Waals surface area contributed by atoms with E-state index in [1.54, 1.807) is 11.8 Å². The Labute approximate surface area is 139 Å². The van der Waals surface area contributed by atoms with Crippen LogP contribution in [0.3, 0.4) is 0 Å². The number of hydrogen-bond acceptors (Lipinski definition) is 4. The molecule has 0 spiro atoms. The zero-order valence-corrected chi connectivity index (χ0v) is 14.4. The van der Waals surface area contributed by atoms with Crippen LogP contribution in [0.5, 0.6) is 0 Å². The Morgan fingerprint density at radius 2 is 2.05 bits per heavy atom. The average Bonchev–Trinajstić information content (AvgIpc) is 2.45. The van der Waals surface area contributed by atoms with E-state index >= 15 is 0 Å². The highest BCUT2D eigenvalue weighted by atomic mass is 79.9. The molecule has 0 unspecified atom stereocenters. The van der Waals surface area contributed by atoms with Crippen molar-refractivity contribution in [1.29, 1.82) is 0 Å². The van der Waals surface area contributed by atoms with Gasteiger partial charge in [-0.15, -0.1) is 11.8 Å². The molecule has 1 aliphatic rings. The molecule has 0 aromatic heterocycles. The molecule has 0 saturated carbocycles. The van der Waals surface area contributed by atoms with Crippen molar-refractivity contribution in [2.45, 2.75) is 19.3 Å². The Morgan fingerprint density at radius 1 is 1.30 bits per heavy atom. The van der Waals surface area contributed by atoms with Crippen molar-refractivity contribution in [3.8, 4) is 0 Å². The Kier molecular flexibility index (Phi) is 8.61. The van der Waals surface area contributed by atoms with Gasteiger partial charge in [0.2, 0.25) is 0 Å².